The third-order valence-electron chi connectivity index (χ3n) is 2.59. The molecule has 1 aromatic carbocycles. The third-order valence-corrected chi connectivity index (χ3v) is 3.50. The SMILES string of the molecule is Cc1cscc1CNCc1ccc(N)cc1. The fourth-order valence-corrected chi connectivity index (χ4v) is 2.40. The Balaban J connectivity index is 1.84. The monoisotopic (exact) mass is 232 g/mol. The van der Waals surface area contributed by atoms with Gasteiger partial charge in [-0.05, 0) is 46.5 Å². The van der Waals surface area contributed by atoms with Crippen LogP contribution < -0.4 is 11.1 Å². The van der Waals surface area contributed by atoms with Gasteiger partial charge in [0.25, 0.3) is 0 Å². The van der Waals surface area contributed by atoms with E-state index in [-0.39, 0.29) is 0 Å². The highest BCUT2D eigenvalue weighted by atomic mass is 32.1. The van der Waals surface area contributed by atoms with Crippen LogP contribution in [0.2, 0.25) is 0 Å². The molecule has 1 heterocycles. The molecule has 84 valence electrons. The van der Waals surface area contributed by atoms with Crippen molar-refractivity contribution >= 4 is 17.0 Å². The molecule has 0 atom stereocenters. The topological polar surface area (TPSA) is 38.0 Å². The molecule has 0 aliphatic carbocycles. The van der Waals surface area contributed by atoms with E-state index >= 15 is 0 Å². The van der Waals surface area contributed by atoms with Crippen LogP contribution in [0.3, 0.4) is 0 Å². The Labute approximate surface area is 100 Å². The number of thiophene rings is 1. The average Bonchev–Trinajstić information content (AvgIpc) is 2.68. The first-order chi connectivity index (χ1) is 7.75. The number of anilines is 1. The van der Waals surface area contributed by atoms with Gasteiger partial charge >= 0.3 is 0 Å². The van der Waals surface area contributed by atoms with Crippen LogP contribution in [-0.2, 0) is 13.1 Å². The first-order valence-electron chi connectivity index (χ1n) is 5.32. The van der Waals surface area contributed by atoms with E-state index in [2.05, 4.69) is 35.1 Å². The standard InChI is InChI=1S/C13H16N2S/c1-10-8-16-9-12(10)7-15-6-11-2-4-13(14)5-3-11/h2-5,8-9,15H,6-7,14H2,1H3. The van der Waals surface area contributed by atoms with Gasteiger partial charge in [0.2, 0.25) is 0 Å². The lowest BCUT2D eigenvalue weighted by Crippen LogP contribution is -2.12. The van der Waals surface area contributed by atoms with Gasteiger partial charge in [-0.25, -0.2) is 0 Å². The van der Waals surface area contributed by atoms with Crippen LogP contribution in [0.15, 0.2) is 35.0 Å². The second-order valence-electron chi connectivity index (χ2n) is 3.93. The van der Waals surface area contributed by atoms with Gasteiger partial charge in [0.1, 0.15) is 0 Å². The normalized spacial score (nSPS) is 10.6. The summed E-state index contributed by atoms with van der Waals surface area (Å²) in [6.45, 7) is 3.96. The first-order valence-corrected chi connectivity index (χ1v) is 6.27. The predicted octanol–water partition coefficient (Wildman–Crippen LogP) is 2.93. The Kier molecular flexibility index (Phi) is 3.59. The van der Waals surface area contributed by atoms with Gasteiger partial charge in [-0.2, -0.15) is 11.3 Å². The lowest BCUT2D eigenvalue weighted by Gasteiger charge is -2.05. The summed E-state index contributed by atoms with van der Waals surface area (Å²) in [6, 6.07) is 7.99. The molecule has 0 aliphatic heterocycles. The van der Waals surface area contributed by atoms with Gasteiger partial charge in [-0.15, -0.1) is 0 Å². The Morgan fingerprint density at radius 3 is 2.50 bits per heavy atom. The van der Waals surface area contributed by atoms with E-state index in [0.717, 1.165) is 18.8 Å². The summed E-state index contributed by atoms with van der Waals surface area (Å²) in [6.07, 6.45) is 0. The minimum absolute atomic E-state index is 0.817. The van der Waals surface area contributed by atoms with E-state index < -0.39 is 0 Å². The van der Waals surface area contributed by atoms with Crippen molar-refractivity contribution in [2.24, 2.45) is 0 Å². The van der Waals surface area contributed by atoms with E-state index in [0.29, 0.717) is 0 Å². The number of nitrogens with two attached hydrogens (primary N) is 1. The zero-order chi connectivity index (χ0) is 11.4. The Morgan fingerprint density at radius 1 is 1.12 bits per heavy atom. The minimum Gasteiger partial charge on any atom is -0.399 e. The molecule has 2 nitrogen and oxygen atoms in total. The fraction of sp³-hybridized carbons (Fsp3) is 0.231. The van der Waals surface area contributed by atoms with Crippen LogP contribution in [0, 0.1) is 6.92 Å². The zero-order valence-electron chi connectivity index (χ0n) is 9.36. The molecular weight excluding hydrogens is 216 g/mol. The van der Waals surface area contributed by atoms with Crippen molar-refractivity contribution in [3.8, 4) is 0 Å². The summed E-state index contributed by atoms with van der Waals surface area (Å²) < 4.78 is 0. The fourth-order valence-electron chi connectivity index (χ4n) is 1.54. The minimum atomic E-state index is 0.817. The zero-order valence-corrected chi connectivity index (χ0v) is 10.2. The van der Waals surface area contributed by atoms with Crippen molar-refractivity contribution in [3.05, 3.63) is 51.7 Å². The van der Waals surface area contributed by atoms with Crippen molar-refractivity contribution in [1.82, 2.24) is 5.32 Å². The summed E-state index contributed by atoms with van der Waals surface area (Å²) in [5, 5.41) is 7.81. The van der Waals surface area contributed by atoms with E-state index in [9.17, 15) is 0 Å². The highest BCUT2D eigenvalue weighted by Gasteiger charge is 1.98. The second-order valence-corrected chi connectivity index (χ2v) is 4.67. The molecule has 16 heavy (non-hydrogen) atoms. The molecule has 3 heteroatoms. The molecule has 3 N–H and O–H groups in total. The number of nitrogen functional groups attached to an aromatic ring is 1. The molecule has 0 bridgehead atoms. The van der Waals surface area contributed by atoms with Crippen LogP contribution in [-0.4, -0.2) is 0 Å². The number of benzene rings is 1. The maximum Gasteiger partial charge on any atom is 0.0314 e. The molecule has 2 aromatic rings. The molecule has 0 radical (unpaired) electrons. The number of nitrogens with one attached hydrogen (secondary N) is 1. The van der Waals surface area contributed by atoms with Gasteiger partial charge < -0.3 is 11.1 Å². The molecule has 0 saturated heterocycles. The van der Waals surface area contributed by atoms with E-state index in [1.807, 2.05) is 12.1 Å². The van der Waals surface area contributed by atoms with Crippen molar-refractivity contribution in [2.45, 2.75) is 20.0 Å². The Morgan fingerprint density at radius 2 is 1.88 bits per heavy atom. The molecule has 0 aliphatic rings. The summed E-state index contributed by atoms with van der Waals surface area (Å²) >= 11 is 1.76. The Bertz CT molecular complexity index is 445. The maximum absolute atomic E-state index is 5.63. The van der Waals surface area contributed by atoms with Crippen LogP contribution in [0.4, 0.5) is 5.69 Å². The summed E-state index contributed by atoms with van der Waals surface area (Å²) in [4.78, 5) is 0. The first kappa shape index (κ1) is 11.2. The largest absolute Gasteiger partial charge is 0.399 e. The smallest absolute Gasteiger partial charge is 0.0314 e. The van der Waals surface area contributed by atoms with Crippen LogP contribution >= 0.6 is 11.3 Å². The second kappa shape index (κ2) is 5.14. The average molecular weight is 232 g/mol. The van der Waals surface area contributed by atoms with Crippen LogP contribution in [0.1, 0.15) is 16.7 Å². The number of hydrogen-bond donors (Lipinski definition) is 2. The number of rotatable bonds is 4. The highest BCUT2D eigenvalue weighted by Crippen LogP contribution is 2.13. The molecule has 0 amide bonds. The van der Waals surface area contributed by atoms with Gasteiger partial charge in [0, 0.05) is 18.8 Å². The molecule has 0 saturated carbocycles. The van der Waals surface area contributed by atoms with Crippen LogP contribution in [0.25, 0.3) is 0 Å². The molecule has 2 rings (SSSR count). The van der Waals surface area contributed by atoms with Crippen molar-refractivity contribution in [1.29, 1.82) is 0 Å². The lowest BCUT2D eigenvalue weighted by molar-refractivity contribution is 0.692. The van der Waals surface area contributed by atoms with E-state index in [1.54, 1.807) is 11.3 Å². The van der Waals surface area contributed by atoms with Gasteiger partial charge in [-0.3, -0.25) is 0 Å². The third kappa shape index (κ3) is 2.84. The molecule has 0 spiro atoms. The van der Waals surface area contributed by atoms with Gasteiger partial charge in [-0.1, -0.05) is 12.1 Å². The lowest BCUT2D eigenvalue weighted by atomic mass is 10.2. The van der Waals surface area contributed by atoms with Crippen molar-refractivity contribution in [2.75, 3.05) is 5.73 Å². The molecule has 0 fully saturated rings. The maximum atomic E-state index is 5.63. The molecule has 0 unspecified atom stereocenters. The summed E-state index contributed by atoms with van der Waals surface area (Å²) in [5.41, 5.74) is 10.5. The number of aryl methyl sites for hydroxylation is 1. The predicted molar refractivity (Wildman–Crippen MR) is 70.5 cm³/mol. The van der Waals surface area contributed by atoms with Crippen LogP contribution in [0.5, 0.6) is 0 Å². The highest BCUT2D eigenvalue weighted by molar-refractivity contribution is 7.08. The molecule has 1 aromatic heterocycles. The van der Waals surface area contributed by atoms with E-state index in [1.165, 1.54) is 16.7 Å². The quantitative estimate of drug-likeness (QED) is 0.795. The van der Waals surface area contributed by atoms with Crippen molar-refractivity contribution in [3.63, 3.8) is 0 Å². The van der Waals surface area contributed by atoms with Gasteiger partial charge in [0.15, 0.2) is 0 Å². The summed E-state index contributed by atoms with van der Waals surface area (Å²) in [7, 11) is 0. The molecular formula is C13H16N2S. The Hall–Kier alpha value is -1.32. The summed E-state index contributed by atoms with van der Waals surface area (Å²) in [5.74, 6) is 0. The van der Waals surface area contributed by atoms with Gasteiger partial charge in [0.05, 0.1) is 0 Å². The van der Waals surface area contributed by atoms with Crippen molar-refractivity contribution < 1.29 is 0 Å². The van der Waals surface area contributed by atoms with E-state index in [4.69, 9.17) is 5.73 Å². The number of hydrogen-bond acceptors (Lipinski definition) is 3.